The Morgan fingerprint density at radius 3 is 2.78 bits per heavy atom. The zero-order valence-electron chi connectivity index (χ0n) is 14.5. The van der Waals surface area contributed by atoms with Crippen LogP contribution in [0.4, 0.5) is 0 Å². The second-order valence-corrected chi connectivity index (χ2v) is 6.38. The van der Waals surface area contributed by atoms with Gasteiger partial charge in [0, 0.05) is 43.9 Å². The van der Waals surface area contributed by atoms with E-state index in [0.29, 0.717) is 38.1 Å². The summed E-state index contributed by atoms with van der Waals surface area (Å²) in [6, 6.07) is 5.52. The van der Waals surface area contributed by atoms with Gasteiger partial charge in [-0.05, 0) is 31.9 Å². The highest BCUT2D eigenvalue weighted by atomic mass is 16.5. The molecule has 1 aliphatic heterocycles. The van der Waals surface area contributed by atoms with Crippen LogP contribution in [0.3, 0.4) is 0 Å². The predicted octanol–water partition coefficient (Wildman–Crippen LogP) is 2.25. The number of likely N-dealkylation sites (tertiary alicyclic amines) is 1. The third-order valence-corrected chi connectivity index (χ3v) is 4.99. The molecule has 0 aromatic heterocycles. The van der Waals surface area contributed by atoms with Gasteiger partial charge in [-0.15, -0.1) is 0 Å². The number of carbonyl (C=O) groups excluding carboxylic acids is 1. The quantitative estimate of drug-likeness (QED) is 0.904. The summed E-state index contributed by atoms with van der Waals surface area (Å²) < 4.78 is 10.4. The molecular formula is C18H27NO4. The minimum Gasteiger partial charge on any atom is -0.496 e. The maximum absolute atomic E-state index is 12.8. The molecule has 5 nitrogen and oxygen atoms in total. The monoisotopic (exact) mass is 321 g/mol. The van der Waals surface area contributed by atoms with Crippen LogP contribution >= 0.6 is 0 Å². The van der Waals surface area contributed by atoms with Gasteiger partial charge in [-0.2, -0.15) is 0 Å². The van der Waals surface area contributed by atoms with Gasteiger partial charge in [0.1, 0.15) is 5.75 Å². The minimum atomic E-state index is -0.754. The number of methoxy groups -OCH3 is 2. The first-order valence-electron chi connectivity index (χ1n) is 8.07. The number of ether oxygens (including phenoxy) is 2. The number of benzene rings is 1. The van der Waals surface area contributed by atoms with E-state index >= 15 is 0 Å². The van der Waals surface area contributed by atoms with Crippen molar-refractivity contribution in [3.05, 3.63) is 29.3 Å². The van der Waals surface area contributed by atoms with Gasteiger partial charge >= 0.3 is 0 Å². The van der Waals surface area contributed by atoms with Crippen LogP contribution in [-0.2, 0) is 4.74 Å². The van der Waals surface area contributed by atoms with Crippen molar-refractivity contribution < 1.29 is 19.4 Å². The Balaban J connectivity index is 2.11. The Morgan fingerprint density at radius 1 is 1.43 bits per heavy atom. The molecule has 23 heavy (non-hydrogen) atoms. The van der Waals surface area contributed by atoms with Crippen LogP contribution in [0.5, 0.6) is 5.75 Å². The molecule has 1 N–H and O–H groups in total. The van der Waals surface area contributed by atoms with Crippen molar-refractivity contribution >= 4 is 5.91 Å². The van der Waals surface area contributed by atoms with Crippen molar-refractivity contribution in [2.45, 2.75) is 32.3 Å². The van der Waals surface area contributed by atoms with Gasteiger partial charge in [0.05, 0.1) is 12.7 Å². The van der Waals surface area contributed by atoms with Gasteiger partial charge in [-0.3, -0.25) is 4.79 Å². The zero-order chi connectivity index (χ0) is 17.0. The highest BCUT2D eigenvalue weighted by Crippen LogP contribution is 2.32. The molecule has 1 aromatic rings. The molecule has 1 amide bonds. The SMILES string of the molecule is COCC[C@]1(O)CCN(C(=O)c2cccc(OC)c2C)C[C@H]1C. The van der Waals surface area contributed by atoms with E-state index in [2.05, 4.69) is 0 Å². The summed E-state index contributed by atoms with van der Waals surface area (Å²) in [7, 11) is 3.24. The van der Waals surface area contributed by atoms with Crippen LogP contribution in [0.1, 0.15) is 35.7 Å². The van der Waals surface area contributed by atoms with Crippen LogP contribution in [-0.4, -0.2) is 55.4 Å². The Kier molecular flexibility index (Phi) is 5.65. The third kappa shape index (κ3) is 3.67. The lowest BCUT2D eigenvalue weighted by Crippen LogP contribution is -2.53. The summed E-state index contributed by atoms with van der Waals surface area (Å²) in [5.74, 6) is 0.737. The molecule has 0 bridgehead atoms. The first kappa shape index (κ1) is 17.8. The fraction of sp³-hybridized carbons (Fsp3) is 0.611. The molecule has 2 atom stereocenters. The summed E-state index contributed by atoms with van der Waals surface area (Å²) >= 11 is 0. The number of carbonyl (C=O) groups is 1. The van der Waals surface area contributed by atoms with Crippen molar-refractivity contribution in [3.63, 3.8) is 0 Å². The van der Waals surface area contributed by atoms with E-state index in [1.54, 1.807) is 14.2 Å². The Labute approximate surface area is 138 Å². The summed E-state index contributed by atoms with van der Waals surface area (Å²) in [6.07, 6.45) is 1.18. The molecule has 0 radical (unpaired) electrons. The Morgan fingerprint density at radius 2 is 2.17 bits per heavy atom. The van der Waals surface area contributed by atoms with Crippen LogP contribution in [0.2, 0.25) is 0 Å². The zero-order valence-corrected chi connectivity index (χ0v) is 14.5. The topological polar surface area (TPSA) is 59.0 Å². The molecule has 0 saturated carbocycles. The molecule has 1 heterocycles. The van der Waals surface area contributed by atoms with Crippen LogP contribution in [0.25, 0.3) is 0 Å². The molecule has 5 heteroatoms. The highest BCUT2D eigenvalue weighted by Gasteiger charge is 2.40. The largest absolute Gasteiger partial charge is 0.496 e. The van der Waals surface area contributed by atoms with Crippen LogP contribution in [0.15, 0.2) is 18.2 Å². The Hall–Kier alpha value is -1.59. The van der Waals surface area contributed by atoms with E-state index in [4.69, 9.17) is 9.47 Å². The summed E-state index contributed by atoms with van der Waals surface area (Å²) in [6.45, 7) is 5.53. The number of nitrogens with zero attached hydrogens (tertiary/aromatic N) is 1. The van der Waals surface area contributed by atoms with Crippen molar-refractivity contribution in [1.82, 2.24) is 4.90 Å². The average Bonchev–Trinajstić information content (AvgIpc) is 2.55. The summed E-state index contributed by atoms with van der Waals surface area (Å²) in [5.41, 5.74) is 0.766. The molecule has 0 aliphatic carbocycles. The first-order valence-corrected chi connectivity index (χ1v) is 8.07. The second-order valence-electron chi connectivity index (χ2n) is 6.38. The Bertz CT molecular complexity index is 560. The van der Waals surface area contributed by atoms with Crippen LogP contribution in [0, 0.1) is 12.8 Å². The summed E-state index contributed by atoms with van der Waals surface area (Å²) in [5, 5.41) is 10.7. The van der Waals surface area contributed by atoms with Crippen molar-refractivity contribution in [2.24, 2.45) is 5.92 Å². The molecule has 1 aromatic carbocycles. The number of hydrogen-bond acceptors (Lipinski definition) is 4. The molecule has 1 aliphatic rings. The lowest BCUT2D eigenvalue weighted by Gasteiger charge is -2.43. The first-order chi connectivity index (χ1) is 10.9. The third-order valence-electron chi connectivity index (χ3n) is 4.99. The number of rotatable bonds is 5. The normalized spacial score (nSPS) is 24.6. The molecule has 2 rings (SSSR count). The van der Waals surface area contributed by atoms with Crippen molar-refractivity contribution in [1.29, 1.82) is 0 Å². The minimum absolute atomic E-state index is 0.00189. The van der Waals surface area contributed by atoms with E-state index in [9.17, 15) is 9.90 Å². The molecule has 128 valence electrons. The fourth-order valence-corrected chi connectivity index (χ4v) is 3.24. The van der Waals surface area contributed by atoms with Gasteiger partial charge in [-0.25, -0.2) is 0 Å². The number of hydrogen-bond donors (Lipinski definition) is 1. The lowest BCUT2D eigenvalue weighted by atomic mass is 9.79. The van der Waals surface area contributed by atoms with E-state index < -0.39 is 5.60 Å². The van der Waals surface area contributed by atoms with Crippen molar-refractivity contribution in [2.75, 3.05) is 33.9 Å². The fourth-order valence-electron chi connectivity index (χ4n) is 3.24. The number of amides is 1. The van der Waals surface area contributed by atoms with Gasteiger partial charge in [0.25, 0.3) is 5.91 Å². The van der Waals surface area contributed by atoms with Crippen molar-refractivity contribution in [3.8, 4) is 5.75 Å². The number of aliphatic hydroxyl groups is 1. The molecule has 1 fully saturated rings. The van der Waals surface area contributed by atoms with E-state index in [-0.39, 0.29) is 11.8 Å². The molecular weight excluding hydrogens is 294 g/mol. The van der Waals surface area contributed by atoms with Gasteiger partial charge < -0.3 is 19.5 Å². The molecule has 0 spiro atoms. The maximum atomic E-state index is 12.8. The van der Waals surface area contributed by atoms with E-state index in [1.807, 2.05) is 36.9 Å². The molecule has 0 unspecified atom stereocenters. The predicted molar refractivity (Wildman–Crippen MR) is 88.9 cm³/mol. The van der Waals surface area contributed by atoms with Crippen LogP contribution < -0.4 is 4.74 Å². The smallest absolute Gasteiger partial charge is 0.254 e. The highest BCUT2D eigenvalue weighted by molar-refractivity contribution is 5.96. The second kappa shape index (κ2) is 7.32. The van der Waals surface area contributed by atoms with Gasteiger partial charge in [0.2, 0.25) is 0 Å². The number of piperidine rings is 1. The molecule has 1 saturated heterocycles. The van der Waals surface area contributed by atoms with Gasteiger partial charge in [0.15, 0.2) is 0 Å². The van der Waals surface area contributed by atoms with Gasteiger partial charge in [-0.1, -0.05) is 13.0 Å². The lowest BCUT2D eigenvalue weighted by molar-refractivity contribution is -0.0750. The maximum Gasteiger partial charge on any atom is 0.254 e. The average molecular weight is 321 g/mol. The van der Waals surface area contributed by atoms with E-state index in [1.165, 1.54) is 0 Å². The summed E-state index contributed by atoms with van der Waals surface area (Å²) in [4.78, 5) is 14.7. The van der Waals surface area contributed by atoms with E-state index in [0.717, 1.165) is 11.3 Å². The standard InChI is InChI=1S/C18H27NO4/c1-13-12-19(10-8-18(13,21)9-11-22-3)17(20)15-6-5-7-16(23-4)14(15)2/h5-7,13,21H,8-12H2,1-4H3/t13-,18-/m1/s1.